The summed E-state index contributed by atoms with van der Waals surface area (Å²) < 4.78 is 5.54. The molecule has 4 rings (SSSR count). The van der Waals surface area contributed by atoms with Crippen molar-refractivity contribution in [2.45, 2.75) is 56.5 Å². The number of terminal acetylenes is 1. The molecule has 0 heterocycles. The van der Waals surface area contributed by atoms with Gasteiger partial charge in [-0.05, 0) is 35.1 Å². The number of ether oxygens (including phenoxy) is 1. The number of aliphatic carboxylic acids is 1. The van der Waals surface area contributed by atoms with Crippen LogP contribution in [-0.2, 0) is 14.3 Å². The first-order valence-electron chi connectivity index (χ1n) is 12.1. The van der Waals surface area contributed by atoms with Crippen LogP contribution in [0.2, 0.25) is 0 Å². The van der Waals surface area contributed by atoms with Crippen molar-refractivity contribution in [3.05, 3.63) is 59.7 Å². The van der Waals surface area contributed by atoms with Crippen LogP contribution in [0.15, 0.2) is 48.5 Å². The third kappa shape index (κ3) is 5.48. The number of carboxylic acid groups (broad SMARTS) is 1. The Kier molecular flexibility index (Phi) is 7.71. The molecule has 7 nitrogen and oxygen atoms in total. The lowest BCUT2D eigenvalue weighted by Crippen LogP contribution is -2.52. The molecule has 1 unspecified atom stereocenters. The molecule has 0 aromatic heterocycles. The molecule has 2 aliphatic rings. The monoisotopic (exact) mass is 474 g/mol. The van der Waals surface area contributed by atoms with Gasteiger partial charge in [0.1, 0.15) is 12.6 Å². The van der Waals surface area contributed by atoms with Crippen LogP contribution in [0, 0.1) is 18.3 Å². The van der Waals surface area contributed by atoms with Gasteiger partial charge in [-0.3, -0.25) is 9.59 Å². The number of carbonyl (C=O) groups excluding carboxylic acids is 2. The third-order valence-corrected chi connectivity index (χ3v) is 6.94. The van der Waals surface area contributed by atoms with E-state index in [2.05, 4.69) is 28.7 Å². The zero-order valence-electron chi connectivity index (χ0n) is 19.5. The molecule has 1 fully saturated rings. The first-order valence-corrected chi connectivity index (χ1v) is 12.1. The fourth-order valence-electron chi connectivity index (χ4n) is 5.17. The summed E-state index contributed by atoms with van der Waals surface area (Å²) in [6.07, 6.45) is 8.36. The molecule has 2 amide bonds. The van der Waals surface area contributed by atoms with Gasteiger partial charge in [0.05, 0.1) is 5.92 Å². The summed E-state index contributed by atoms with van der Waals surface area (Å²) in [7, 11) is 0. The van der Waals surface area contributed by atoms with E-state index in [0.29, 0.717) is 12.8 Å². The second-order valence-corrected chi connectivity index (χ2v) is 9.13. The van der Waals surface area contributed by atoms with Gasteiger partial charge in [0.25, 0.3) is 0 Å². The molecule has 0 radical (unpaired) electrons. The van der Waals surface area contributed by atoms with Crippen LogP contribution in [0.25, 0.3) is 11.1 Å². The van der Waals surface area contributed by atoms with E-state index < -0.39 is 36.0 Å². The predicted octanol–water partition coefficient (Wildman–Crippen LogP) is 4.07. The van der Waals surface area contributed by atoms with Crippen molar-refractivity contribution in [2.24, 2.45) is 5.92 Å². The lowest BCUT2D eigenvalue weighted by Gasteiger charge is -2.25. The van der Waals surface area contributed by atoms with Crippen LogP contribution in [0.4, 0.5) is 4.79 Å². The van der Waals surface area contributed by atoms with Crippen LogP contribution >= 0.6 is 0 Å². The Morgan fingerprint density at radius 3 is 2.26 bits per heavy atom. The second kappa shape index (κ2) is 11.1. The maximum absolute atomic E-state index is 12.9. The summed E-state index contributed by atoms with van der Waals surface area (Å²) in [5.41, 5.74) is 4.43. The Labute approximate surface area is 205 Å². The minimum Gasteiger partial charge on any atom is -0.481 e. The molecule has 0 bridgehead atoms. The second-order valence-electron chi connectivity index (χ2n) is 9.13. The topological polar surface area (TPSA) is 105 Å². The molecule has 7 heteroatoms. The lowest BCUT2D eigenvalue weighted by atomic mass is 9.94. The Balaban J connectivity index is 1.39. The van der Waals surface area contributed by atoms with Crippen LogP contribution in [0.1, 0.15) is 55.6 Å². The summed E-state index contributed by atoms with van der Waals surface area (Å²) in [4.78, 5) is 37.3. The van der Waals surface area contributed by atoms with Gasteiger partial charge < -0.3 is 20.5 Å². The predicted molar refractivity (Wildman–Crippen MR) is 132 cm³/mol. The van der Waals surface area contributed by atoms with E-state index in [1.165, 1.54) is 0 Å². The highest BCUT2D eigenvalue weighted by atomic mass is 16.5. The molecule has 2 aromatic rings. The average Bonchev–Trinajstić information content (AvgIpc) is 2.98. The third-order valence-electron chi connectivity index (χ3n) is 6.94. The van der Waals surface area contributed by atoms with Crippen LogP contribution in [-0.4, -0.2) is 41.8 Å². The Morgan fingerprint density at radius 2 is 1.63 bits per heavy atom. The maximum Gasteiger partial charge on any atom is 0.407 e. The summed E-state index contributed by atoms with van der Waals surface area (Å²) in [6, 6.07) is 14.6. The molecule has 182 valence electrons. The molecule has 35 heavy (non-hydrogen) atoms. The van der Waals surface area contributed by atoms with E-state index in [9.17, 15) is 19.5 Å². The van der Waals surface area contributed by atoms with E-state index in [1.54, 1.807) is 0 Å². The Hall–Kier alpha value is -3.79. The standard InChI is InChI=1S/C28H30N2O5/c1-2-10-25(26(31)29-24-16-5-3-4-15-22(24)27(32)33)30-28(34)35-17-23-20-13-8-6-11-18(20)19-12-7-9-14-21(19)23/h1,6-9,11-14,22-25H,3-5,10,15-17H2,(H,29,31)(H,30,34)(H,32,33)/t22-,24+,25?/m1/s1. The molecule has 0 spiro atoms. The quantitative estimate of drug-likeness (QED) is 0.415. The van der Waals surface area contributed by atoms with Gasteiger partial charge in [-0.1, -0.05) is 67.8 Å². The lowest BCUT2D eigenvalue weighted by molar-refractivity contribution is -0.143. The zero-order valence-corrected chi connectivity index (χ0v) is 19.5. The maximum atomic E-state index is 12.9. The Bertz CT molecular complexity index is 1090. The molecule has 2 aromatic carbocycles. The SMILES string of the molecule is C#CCC(NC(=O)OCC1c2ccccc2-c2ccccc21)C(=O)N[C@H]1CCCCC[C@H]1C(=O)O. The first-order chi connectivity index (χ1) is 17.0. The highest BCUT2D eigenvalue weighted by Crippen LogP contribution is 2.44. The average molecular weight is 475 g/mol. The number of hydrogen-bond acceptors (Lipinski definition) is 4. The molecular weight excluding hydrogens is 444 g/mol. The van der Waals surface area contributed by atoms with Gasteiger partial charge in [0, 0.05) is 18.4 Å². The Morgan fingerprint density at radius 1 is 1.00 bits per heavy atom. The molecular formula is C28H30N2O5. The highest BCUT2D eigenvalue weighted by molar-refractivity contribution is 5.87. The summed E-state index contributed by atoms with van der Waals surface area (Å²) >= 11 is 0. The number of alkyl carbamates (subject to hydrolysis) is 1. The van der Waals surface area contributed by atoms with Crippen molar-refractivity contribution in [2.75, 3.05) is 6.61 Å². The first kappa shape index (κ1) is 24.3. The zero-order chi connectivity index (χ0) is 24.8. The fourth-order valence-corrected chi connectivity index (χ4v) is 5.17. The molecule has 1 saturated carbocycles. The number of carboxylic acids is 1. The molecule has 3 atom stereocenters. The number of amides is 2. The van der Waals surface area contributed by atoms with Gasteiger partial charge in [0.2, 0.25) is 5.91 Å². The van der Waals surface area contributed by atoms with Gasteiger partial charge in [-0.2, -0.15) is 0 Å². The van der Waals surface area contributed by atoms with E-state index in [0.717, 1.165) is 41.5 Å². The number of hydrogen-bond donors (Lipinski definition) is 3. The van der Waals surface area contributed by atoms with Gasteiger partial charge >= 0.3 is 12.1 Å². The number of rotatable bonds is 7. The van der Waals surface area contributed by atoms with Crippen molar-refractivity contribution in [3.63, 3.8) is 0 Å². The van der Waals surface area contributed by atoms with Gasteiger partial charge in [-0.25, -0.2) is 4.79 Å². The molecule has 0 aliphatic heterocycles. The minimum atomic E-state index is -1.01. The highest BCUT2D eigenvalue weighted by Gasteiger charge is 2.33. The smallest absolute Gasteiger partial charge is 0.407 e. The molecule has 0 saturated heterocycles. The van der Waals surface area contributed by atoms with Crippen molar-refractivity contribution >= 4 is 18.0 Å². The van der Waals surface area contributed by atoms with E-state index in [4.69, 9.17) is 11.2 Å². The van der Waals surface area contributed by atoms with Crippen molar-refractivity contribution in [1.82, 2.24) is 10.6 Å². The number of carbonyl (C=O) groups is 3. The van der Waals surface area contributed by atoms with Gasteiger partial charge in [-0.15, -0.1) is 12.3 Å². The van der Waals surface area contributed by atoms with Crippen molar-refractivity contribution < 1.29 is 24.2 Å². The van der Waals surface area contributed by atoms with E-state index in [1.807, 2.05) is 36.4 Å². The minimum absolute atomic E-state index is 0.0273. The van der Waals surface area contributed by atoms with Crippen LogP contribution in [0.5, 0.6) is 0 Å². The largest absolute Gasteiger partial charge is 0.481 e. The fraction of sp³-hybridized carbons (Fsp3) is 0.393. The number of nitrogens with one attached hydrogen (secondary N) is 2. The van der Waals surface area contributed by atoms with E-state index >= 15 is 0 Å². The summed E-state index contributed by atoms with van der Waals surface area (Å²) in [5.74, 6) is 0.249. The summed E-state index contributed by atoms with van der Waals surface area (Å²) in [5, 5.41) is 15.0. The summed E-state index contributed by atoms with van der Waals surface area (Å²) in [6.45, 7) is 0.119. The van der Waals surface area contributed by atoms with Crippen LogP contribution in [0.3, 0.4) is 0 Å². The normalized spacial score (nSPS) is 19.9. The van der Waals surface area contributed by atoms with Crippen LogP contribution < -0.4 is 10.6 Å². The van der Waals surface area contributed by atoms with Crippen molar-refractivity contribution in [1.29, 1.82) is 0 Å². The van der Waals surface area contributed by atoms with E-state index in [-0.39, 0.29) is 18.9 Å². The van der Waals surface area contributed by atoms with Gasteiger partial charge in [0.15, 0.2) is 0 Å². The molecule has 3 N–H and O–H groups in total. The molecule has 2 aliphatic carbocycles. The number of benzene rings is 2. The van der Waals surface area contributed by atoms with Crippen molar-refractivity contribution in [3.8, 4) is 23.5 Å². The number of fused-ring (bicyclic) bond motifs is 3.